The zero-order valence-electron chi connectivity index (χ0n) is 11.1. The van der Waals surface area contributed by atoms with Crippen molar-refractivity contribution >= 4 is 0 Å². The average Bonchev–Trinajstić information content (AvgIpc) is 2.58. The molecular weight excluding hydrogens is 214 g/mol. The van der Waals surface area contributed by atoms with Crippen molar-refractivity contribution in [2.24, 2.45) is 0 Å². The lowest BCUT2D eigenvalue weighted by Gasteiger charge is -2.35. The maximum Gasteiger partial charge on any atom is 0.0483 e. The predicted octanol–water partition coefficient (Wildman–Crippen LogP) is 0.440. The molecule has 2 N–H and O–H groups in total. The third-order valence-corrected chi connectivity index (χ3v) is 4.01. The first-order valence-electron chi connectivity index (χ1n) is 7.04. The summed E-state index contributed by atoms with van der Waals surface area (Å²) in [4.78, 5) is 2.57. The van der Waals surface area contributed by atoms with E-state index in [1.54, 1.807) is 0 Å². The van der Waals surface area contributed by atoms with Gasteiger partial charge in [0.1, 0.15) is 0 Å². The minimum absolute atomic E-state index is 0.308. The largest absolute Gasteiger partial charge is 0.381 e. The van der Waals surface area contributed by atoms with Crippen LogP contribution >= 0.6 is 0 Å². The number of hydrogen-bond acceptors (Lipinski definition) is 4. The van der Waals surface area contributed by atoms with Crippen LogP contribution in [0.4, 0.5) is 0 Å². The van der Waals surface area contributed by atoms with Gasteiger partial charge >= 0.3 is 0 Å². The summed E-state index contributed by atoms with van der Waals surface area (Å²) in [6.07, 6.45) is 3.58. The molecule has 0 unspecified atom stereocenters. The molecule has 0 aliphatic carbocycles. The number of nitrogens with zero attached hydrogens (tertiary/aromatic N) is 1. The molecule has 0 saturated carbocycles. The molecule has 0 spiro atoms. The van der Waals surface area contributed by atoms with Crippen LogP contribution in [0.2, 0.25) is 0 Å². The van der Waals surface area contributed by atoms with Crippen molar-refractivity contribution in [1.82, 2.24) is 15.5 Å². The zero-order valence-corrected chi connectivity index (χ0v) is 11.1. The monoisotopic (exact) mass is 241 g/mol. The summed E-state index contributed by atoms with van der Waals surface area (Å²) in [5.74, 6) is 0. The summed E-state index contributed by atoms with van der Waals surface area (Å²) in [5, 5.41) is 7.17. The van der Waals surface area contributed by atoms with Gasteiger partial charge in [0.05, 0.1) is 0 Å². The summed E-state index contributed by atoms with van der Waals surface area (Å²) in [6, 6.07) is 0. The SMILES string of the molecule is CC1(NCCN2CCCNCC2)CCOCC1. The Balaban J connectivity index is 1.63. The number of rotatable bonds is 4. The van der Waals surface area contributed by atoms with Crippen LogP contribution in [0.1, 0.15) is 26.2 Å². The fourth-order valence-corrected chi connectivity index (χ4v) is 2.64. The van der Waals surface area contributed by atoms with Crippen LogP contribution in [0.3, 0.4) is 0 Å². The van der Waals surface area contributed by atoms with Crippen LogP contribution in [0.5, 0.6) is 0 Å². The van der Waals surface area contributed by atoms with E-state index in [0.29, 0.717) is 5.54 Å². The molecule has 2 rings (SSSR count). The van der Waals surface area contributed by atoms with Gasteiger partial charge in [-0.05, 0) is 39.3 Å². The normalized spacial score (nSPS) is 26.6. The molecule has 0 bridgehead atoms. The maximum atomic E-state index is 5.42. The lowest BCUT2D eigenvalue weighted by atomic mass is 9.92. The molecule has 0 atom stereocenters. The van der Waals surface area contributed by atoms with Crippen molar-refractivity contribution in [3.63, 3.8) is 0 Å². The second kappa shape index (κ2) is 6.69. The van der Waals surface area contributed by atoms with Gasteiger partial charge in [0.15, 0.2) is 0 Å². The summed E-state index contributed by atoms with van der Waals surface area (Å²) in [5.41, 5.74) is 0.308. The fourth-order valence-electron chi connectivity index (χ4n) is 2.64. The van der Waals surface area contributed by atoms with Crippen molar-refractivity contribution < 1.29 is 4.74 Å². The molecule has 2 saturated heterocycles. The van der Waals surface area contributed by atoms with E-state index < -0.39 is 0 Å². The van der Waals surface area contributed by atoms with Gasteiger partial charge in [-0.1, -0.05) is 0 Å². The zero-order chi connectivity index (χ0) is 12.0. The van der Waals surface area contributed by atoms with E-state index in [1.165, 1.54) is 32.6 Å². The van der Waals surface area contributed by atoms with Crippen LogP contribution in [-0.4, -0.2) is 62.9 Å². The molecule has 0 aromatic heterocycles. The van der Waals surface area contributed by atoms with Crippen LogP contribution in [0, 0.1) is 0 Å². The van der Waals surface area contributed by atoms with Crippen molar-refractivity contribution in [2.75, 3.05) is 52.5 Å². The van der Waals surface area contributed by atoms with Gasteiger partial charge in [-0.3, -0.25) is 0 Å². The first-order valence-corrected chi connectivity index (χ1v) is 7.04. The Morgan fingerprint density at radius 2 is 2.06 bits per heavy atom. The fraction of sp³-hybridized carbons (Fsp3) is 1.00. The standard InChI is InChI=1S/C13H27N3O/c1-13(3-11-17-12-4-13)15-7-10-16-8-2-5-14-6-9-16/h14-15H,2-12H2,1H3. The van der Waals surface area contributed by atoms with Gasteiger partial charge in [-0.15, -0.1) is 0 Å². The Labute approximate surface area is 105 Å². The highest BCUT2D eigenvalue weighted by molar-refractivity contribution is 4.85. The van der Waals surface area contributed by atoms with E-state index in [1.807, 2.05) is 0 Å². The van der Waals surface area contributed by atoms with E-state index in [4.69, 9.17) is 4.74 Å². The Morgan fingerprint density at radius 3 is 2.88 bits per heavy atom. The van der Waals surface area contributed by atoms with Crippen molar-refractivity contribution in [2.45, 2.75) is 31.7 Å². The maximum absolute atomic E-state index is 5.42. The van der Waals surface area contributed by atoms with Crippen molar-refractivity contribution in [3.8, 4) is 0 Å². The molecular formula is C13H27N3O. The Kier molecular flexibility index (Phi) is 5.22. The summed E-state index contributed by atoms with van der Waals surface area (Å²) in [6.45, 7) is 11.2. The highest BCUT2D eigenvalue weighted by Crippen LogP contribution is 2.19. The van der Waals surface area contributed by atoms with Gasteiger partial charge in [-0.25, -0.2) is 0 Å². The molecule has 100 valence electrons. The first-order chi connectivity index (χ1) is 8.29. The van der Waals surface area contributed by atoms with Gasteiger partial charge in [-0.2, -0.15) is 0 Å². The summed E-state index contributed by atoms with van der Waals surface area (Å²) < 4.78 is 5.42. The average molecular weight is 241 g/mol. The molecule has 0 aromatic rings. The lowest BCUT2D eigenvalue weighted by Crippen LogP contribution is -2.49. The van der Waals surface area contributed by atoms with Crippen molar-refractivity contribution in [1.29, 1.82) is 0 Å². The summed E-state index contributed by atoms with van der Waals surface area (Å²) >= 11 is 0. The van der Waals surface area contributed by atoms with Gasteiger partial charge < -0.3 is 20.3 Å². The first kappa shape index (κ1) is 13.3. The molecule has 17 heavy (non-hydrogen) atoms. The molecule has 2 aliphatic heterocycles. The van der Waals surface area contributed by atoms with Crippen LogP contribution in [0.15, 0.2) is 0 Å². The van der Waals surface area contributed by atoms with Crippen molar-refractivity contribution in [3.05, 3.63) is 0 Å². The van der Waals surface area contributed by atoms with E-state index in [9.17, 15) is 0 Å². The molecule has 0 aromatic carbocycles. The Morgan fingerprint density at radius 1 is 1.24 bits per heavy atom. The van der Waals surface area contributed by atoms with Gasteiger partial charge in [0, 0.05) is 44.9 Å². The highest BCUT2D eigenvalue weighted by atomic mass is 16.5. The van der Waals surface area contributed by atoms with E-state index in [-0.39, 0.29) is 0 Å². The van der Waals surface area contributed by atoms with Crippen LogP contribution in [0.25, 0.3) is 0 Å². The van der Waals surface area contributed by atoms with Crippen LogP contribution < -0.4 is 10.6 Å². The van der Waals surface area contributed by atoms with E-state index >= 15 is 0 Å². The number of ether oxygens (including phenoxy) is 1. The Hall–Kier alpha value is -0.160. The predicted molar refractivity (Wildman–Crippen MR) is 70.4 cm³/mol. The van der Waals surface area contributed by atoms with Crippen LogP contribution in [-0.2, 0) is 4.74 Å². The summed E-state index contributed by atoms with van der Waals surface area (Å²) in [7, 11) is 0. The smallest absolute Gasteiger partial charge is 0.0483 e. The molecule has 0 amide bonds. The topological polar surface area (TPSA) is 36.5 Å². The molecule has 2 aliphatic rings. The minimum Gasteiger partial charge on any atom is -0.381 e. The highest BCUT2D eigenvalue weighted by Gasteiger charge is 2.26. The number of hydrogen-bond donors (Lipinski definition) is 2. The molecule has 4 heteroatoms. The van der Waals surface area contributed by atoms with E-state index in [2.05, 4.69) is 22.5 Å². The van der Waals surface area contributed by atoms with Gasteiger partial charge in [0.2, 0.25) is 0 Å². The van der Waals surface area contributed by atoms with Gasteiger partial charge in [0.25, 0.3) is 0 Å². The number of nitrogens with one attached hydrogen (secondary N) is 2. The molecule has 0 radical (unpaired) electrons. The second-order valence-electron chi connectivity index (χ2n) is 5.55. The lowest BCUT2D eigenvalue weighted by molar-refractivity contribution is 0.0444. The Bertz CT molecular complexity index is 209. The quantitative estimate of drug-likeness (QED) is 0.749. The second-order valence-corrected chi connectivity index (χ2v) is 5.55. The molecule has 4 nitrogen and oxygen atoms in total. The third kappa shape index (κ3) is 4.54. The molecule has 2 heterocycles. The third-order valence-electron chi connectivity index (χ3n) is 4.01. The van der Waals surface area contributed by atoms with E-state index in [0.717, 1.165) is 39.1 Å². The minimum atomic E-state index is 0.308. The molecule has 2 fully saturated rings.